The third-order valence-corrected chi connectivity index (χ3v) is 22.6. The van der Waals surface area contributed by atoms with Crippen LogP contribution in [-0.4, -0.2) is 15.2 Å². The molecule has 0 aliphatic rings. The van der Waals surface area contributed by atoms with E-state index in [1.165, 1.54) is 16.8 Å². The van der Waals surface area contributed by atoms with Gasteiger partial charge >= 0.3 is 0 Å². The van der Waals surface area contributed by atoms with E-state index in [2.05, 4.69) is 75.2 Å². The summed E-state index contributed by atoms with van der Waals surface area (Å²) in [7, 11) is -2.14. The zero-order chi connectivity index (χ0) is 13.4. The minimum absolute atomic E-state index is 1.02. The van der Waals surface area contributed by atoms with Crippen molar-refractivity contribution in [1.82, 2.24) is 0 Å². The molecule has 0 aromatic heterocycles. The van der Waals surface area contributed by atoms with Crippen molar-refractivity contribution in [3.63, 3.8) is 0 Å². The van der Waals surface area contributed by atoms with Crippen LogP contribution in [0.5, 0.6) is 0 Å². The van der Waals surface area contributed by atoms with Crippen LogP contribution in [0.1, 0.15) is 5.56 Å². The Morgan fingerprint density at radius 3 is 2.06 bits per heavy atom. The molecule has 0 unspecified atom stereocenters. The highest BCUT2D eigenvalue weighted by Crippen LogP contribution is 2.27. The van der Waals surface area contributed by atoms with Gasteiger partial charge in [-0.2, -0.15) is 0 Å². The fourth-order valence-electron chi connectivity index (χ4n) is 2.19. The molecule has 0 fully saturated rings. The molecule has 0 N–H and O–H groups in total. The quantitative estimate of drug-likeness (QED) is 0.686. The van der Waals surface area contributed by atoms with Crippen LogP contribution >= 0.6 is 0 Å². The normalized spacial score (nSPS) is 12.9. The fraction of sp³-hybridized carbons (Fsp3) is 0.375. The van der Waals surface area contributed by atoms with Crippen molar-refractivity contribution in [2.24, 2.45) is 0 Å². The van der Waals surface area contributed by atoms with Crippen molar-refractivity contribution in [3.05, 3.63) is 48.0 Å². The molecule has 2 heteroatoms. The Hall–Kier alpha value is -0.866. The van der Waals surface area contributed by atoms with E-state index in [1.54, 1.807) is 5.56 Å². The van der Waals surface area contributed by atoms with Crippen LogP contribution in [0.15, 0.2) is 42.5 Å². The lowest BCUT2D eigenvalue weighted by Gasteiger charge is -2.35. The molecule has 2 aromatic rings. The van der Waals surface area contributed by atoms with E-state index in [-0.39, 0.29) is 0 Å². The molecule has 0 spiro atoms. The molecular formula is C16H24Si2. The van der Waals surface area contributed by atoms with Gasteiger partial charge in [-0.25, -0.2) is 0 Å². The molecule has 2 rings (SSSR count). The first-order valence-corrected chi connectivity index (χ1v) is 14.5. The van der Waals surface area contributed by atoms with Gasteiger partial charge in [-0.1, -0.05) is 75.2 Å². The van der Waals surface area contributed by atoms with E-state index in [9.17, 15) is 0 Å². The second kappa shape index (κ2) is 4.67. The lowest BCUT2D eigenvalue weighted by molar-refractivity contribution is 1.36. The molecule has 0 amide bonds. The van der Waals surface area contributed by atoms with E-state index < -0.39 is 15.2 Å². The lowest BCUT2D eigenvalue weighted by atomic mass is 10.1. The first-order valence-electron chi connectivity index (χ1n) is 6.78. The number of hydrogen-bond donors (Lipinski definition) is 0. The van der Waals surface area contributed by atoms with Gasteiger partial charge in [-0.15, -0.1) is 0 Å². The van der Waals surface area contributed by atoms with Crippen LogP contribution in [0.25, 0.3) is 10.8 Å². The molecular weight excluding hydrogens is 248 g/mol. The smallest absolute Gasteiger partial charge is 0.0454 e. The van der Waals surface area contributed by atoms with Crippen molar-refractivity contribution in [2.75, 3.05) is 0 Å². The van der Waals surface area contributed by atoms with Crippen LogP contribution in [-0.2, 0) is 6.04 Å². The van der Waals surface area contributed by atoms with E-state index in [1.807, 2.05) is 0 Å². The summed E-state index contributed by atoms with van der Waals surface area (Å²) in [5, 5.41) is 2.84. The van der Waals surface area contributed by atoms with Gasteiger partial charge in [0.1, 0.15) is 0 Å². The molecule has 0 aliphatic heterocycles. The number of fused-ring (bicyclic) bond motifs is 1. The van der Waals surface area contributed by atoms with Crippen molar-refractivity contribution >= 4 is 26.0 Å². The number of rotatable bonds is 3. The van der Waals surface area contributed by atoms with Gasteiger partial charge in [-0.3, -0.25) is 0 Å². The first kappa shape index (κ1) is 13.6. The molecule has 0 atom stereocenters. The Bertz CT molecular complexity index is 545. The Morgan fingerprint density at radius 1 is 0.778 bits per heavy atom. The van der Waals surface area contributed by atoms with Crippen LogP contribution in [0.2, 0.25) is 32.7 Å². The standard InChI is InChI=1S/C16H24Si2/c1-17(2,3)18(4,5)13-15-11-8-10-14-9-6-7-12-16(14)15/h6-12H,13H2,1-5H3. The highest BCUT2D eigenvalue weighted by Gasteiger charge is 2.36. The largest absolute Gasteiger partial charge is 0.0715 e. The summed E-state index contributed by atoms with van der Waals surface area (Å²) < 4.78 is 0. The molecule has 0 saturated carbocycles. The maximum atomic E-state index is 2.57. The maximum Gasteiger partial charge on any atom is 0.0454 e. The molecule has 96 valence electrons. The number of hydrogen-bond acceptors (Lipinski definition) is 0. The third-order valence-electron chi connectivity index (χ3n) is 4.54. The molecule has 0 saturated heterocycles. The molecule has 0 nitrogen and oxygen atoms in total. The molecule has 18 heavy (non-hydrogen) atoms. The lowest BCUT2D eigenvalue weighted by Crippen LogP contribution is -2.54. The summed E-state index contributed by atoms with van der Waals surface area (Å²) in [6.07, 6.45) is 0. The Labute approximate surface area is 113 Å². The van der Waals surface area contributed by atoms with E-state index in [0.29, 0.717) is 0 Å². The monoisotopic (exact) mass is 272 g/mol. The van der Waals surface area contributed by atoms with E-state index in [4.69, 9.17) is 0 Å². The minimum atomic E-state index is -1.12. The number of benzene rings is 2. The maximum absolute atomic E-state index is 2.57. The van der Waals surface area contributed by atoms with Crippen molar-refractivity contribution in [3.8, 4) is 0 Å². The average Bonchev–Trinajstić information content (AvgIpc) is 2.27. The Kier molecular flexibility index (Phi) is 3.52. The highest BCUT2D eigenvalue weighted by atomic mass is 29.3. The van der Waals surface area contributed by atoms with Gasteiger partial charge in [-0.05, 0) is 22.4 Å². The molecule has 0 heterocycles. The van der Waals surface area contributed by atoms with Crippen LogP contribution in [0.3, 0.4) is 0 Å². The van der Waals surface area contributed by atoms with Gasteiger partial charge in [0, 0.05) is 15.2 Å². The van der Waals surface area contributed by atoms with Gasteiger partial charge in [0.15, 0.2) is 0 Å². The second-order valence-corrected chi connectivity index (χ2v) is 24.1. The predicted molar refractivity (Wildman–Crippen MR) is 88.5 cm³/mol. The van der Waals surface area contributed by atoms with Crippen LogP contribution in [0, 0.1) is 0 Å². The molecule has 2 aromatic carbocycles. The summed E-state index contributed by atoms with van der Waals surface area (Å²) in [4.78, 5) is 0. The Morgan fingerprint density at radius 2 is 1.39 bits per heavy atom. The molecule has 0 radical (unpaired) electrons. The van der Waals surface area contributed by atoms with E-state index >= 15 is 0 Å². The van der Waals surface area contributed by atoms with Gasteiger partial charge in [0.2, 0.25) is 0 Å². The summed E-state index contributed by atoms with van der Waals surface area (Å²) in [6.45, 7) is 12.7. The van der Waals surface area contributed by atoms with Crippen molar-refractivity contribution in [2.45, 2.75) is 38.8 Å². The second-order valence-electron chi connectivity index (χ2n) is 6.95. The van der Waals surface area contributed by atoms with Crippen molar-refractivity contribution < 1.29 is 0 Å². The van der Waals surface area contributed by atoms with Crippen molar-refractivity contribution in [1.29, 1.82) is 0 Å². The summed E-state index contributed by atoms with van der Waals surface area (Å²) in [6, 6.07) is 16.9. The zero-order valence-corrected chi connectivity index (χ0v) is 14.2. The van der Waals surface area contributed by atoms with Crippen LogP contribution < -0.4 is 0 Å². The first-order chi connectivity index (χ1) is 8.31. The fourth-order valence-corrected chi connectivity index (χ4v) is 6.14. The molecule has 0 aliphatic carbocycles. The summed E-state index contributed by atoms with van der Waals surface area (Å²) in [5.41, 5.74) is 1.56. The summed E-state index contributed by atoms with van der Waals surface area (Å²) >= 11 is 0. The predicted octanol–water partition coefficient (Wildman–Crippen LogP) is 5.05. The van der Waals surface area contributed by atoms with Gasteiger partial charge < -0.3 is 0 Å². The highest BCUT2D eigenvalue weighted by molar-refractivity contribution is 7.40. The average molecular weight is 273 g/mol. The SMILES string of the molecule is C[Si](C)(C)[Si](C)(C)Cc1cccc2ccccc12. The van der Waals surface area contributed by atoms with Gasteiger partial charge in [0.05, 0.1) is 0 Å². The Balaban J connectivity index is 2.44. The minimum Gasteiger partial charge on any atom is -0.0715 e. The summed E-state index contributed by atoms with van der Waals surface area (Å²) in [5.74, 6) is 0. The topological polar surface area (TPSA) is 0 Å². The zero-order valence-electron chi connectivity index (χ0n) is 12.2. The van der Waals surface area contributed by atoms with Crippen LogP contribution in [0.4, 0.5) is 0 Å². The third kappa shape index (κ3) is 2.59. The van der Waals surface area contributed by atoms with E-state index in [0.717, 1.165) is 0 Å². The molecule has 0 bridgehead atoms. The van der Waals surface area contributed by atoms with Gasteiger partial charge in [0.25, 0.3) is 0 Å².